The molecule has 0 aliphatic carbocycles. The van der Waals surface area contributed by atoms with Gasteiger partial charge in [0.05, 0.1) is 0 Å². The van der Waals surface area contributed by atoms with Gasteiger partial charge in [0.1, 0.15) is 11.6 Å². The van der Waals surface area contributed by atoms with Gasteiger partial charge in [0.25, 0.3) is 6.43 Å². The summed E-state index contributed by atoms with van der Waals surface area (Å²) in [5.74, 6) is -1.42. The van der Waals surface area contributed by atoms with Gasteiger partial charge in [0.2, 0.25) is 5.78 Å². The average molecular weight is 428 g/mol. The zero-order chi connectivity index (χ0) is 23.3. The summed E-state index contributed by atoms with van der Waals surface area (Å²) in [5.41, 5.74) is -2.25. The molecule has 1 unspecified atom stereocenters. The summed E-state index contributed by atoms with van der Waals surface area (Å²) in [6.07, 6.45) is -6.46. The maximum atomic E-state index is 12.7. The maximum Gasteiger partial charge on any atom is 0.300 e. The molecule has 4 nitrogen and oxygen atoms in total. The molecule has 0 saturated carbocycles. The number of hydrogen-bond acceptors (Lipinski definition) is 4. The van der Waals surface area contributed by atoms with Crippen LogP contribution in [-0.4, -0.2) is 35.3 Å². The fourth-order valence-electron chi connectivity index (χ4n) is 2.14. The fraction of sp³-hybridized carbons (Fsp3) is 0.318. The van der Waals surface area contributed by atoms with Crippen LogP contribution in [0.4, 0.5) is 17.6 Å². The summed E-state index contributed by atoms with van der Waals surface area (Å²) in [7, 11) is 0. The Bertz CT molecular complexity index is 791. The van der Waals surface area contributed by atoms with Crippen molar-refractivity contribution in [1.82, 2.24) is 0 Å². The van der Waals surface area contributed by atoms with Gasteiger partial charge in [0.15, 0.2) is 5.60 Å². The Hall–Kier alpha value is -2.87. The minimum Gasteiger partial charge on any atom is -0.379 e. The van der Waals surface area contributed by atoms with E-state index in [1.54, 1.807) is 36.4 Å². The second-order valence-corrected chi connectivity index (χ2v) is 6.41. The molecular weight excluding hydrogens is 404 g/mol. The molecule has 0 bridgehead atoms. The second kappa shape index (κ2) is 13.4. The largest absolute Gasteiger partial charge is 0.379 e. The molecule has 1 N–H and O–H groups in total. The van der Waals surface area contributed by atoms with Crippen molar-refractivity contribution in [2.75, 3.05) is 0 Å². The van der Waals surface area contributed by atoms with Crippen LogP contribution in [0.2, 0.25) is 0 Å². The van der Waals surface area contributed by atoms with Gasteiger partial charge >= 0.3 is 6.43 Å². The molecule has 0 aliphatic rings. The van der Waals surface area contributed by atoms with Gasteiger partial charge in [-0.25, -0.2) is 17.6 Å². The van der Waals surface area contributed by atoms with Crippen molar-refractivity contribution in [2.24, 2.45) is 0 Å². The molecule has 2 aromatic carbocycles. The average Bonchev–Trinajstić information content (AvgIpc) is 2.68. The van der Waals surface area contributed by atoms with Crippen LogP contribution >= 0.6 is 0 Å². The Morgan fingerprint density at radius 3 is 1.57 bits per heavy atom. The van der Waals surface area contributed by atoms with Crippen molar-refractivity contribution in [2.45, 2.75) is 45.6 Å². The molecule has 2 rings (SSSR count). The van der Waals surface area contributed by atoms with Crippen molar-refractivity contribution >= 4 is 17.3 Å². The zero-order valence-electron chi connectivity index (χ0n) is 16.8. The standard InChI is InChI=1S/C11H12F2O2.C8H6F2O.C3H6O/c1-8(14)7-11(15,10(12)13)9-5-3-2-4-6-9;9-8(10)7(11)6-4-2-1-3-5-6;1-3(2)4/h2-6,10,15H,7H2,1H3;1-5,8H;1-2H3. The third-order valence-electron chi connectivity index (χ3n) is 3.41. The molecule has 164 valence electrons. The lowest BCUT2D eigenvalue weighted by Crippen LogP contribution is -2.36. The maximum absolute atomic E-state index is 12.7. The smallest absolute Gasteiger partial charge is 0.300 e. The van der Waals surface area contributed by atoms with E-state index in [1.165, 1.54) is 45.0 Å². The summed E-state index contributed by atoms with van der Waals surface area (Å²) in [6.45, 7) is 4.23. The highest BCUT2D eigenvalue weighted by Gasteiger charge is 2.40. The third-order valence-corrected chi connectivity index (χ3v) is 3.41. The number of benzene rings is 2. The molecule has 30 heavy (non-hydrogen) atoms. The van der Waals surface area contributed by atoms with Gasteiger partial charge in [-0.1, -0.05) is 60.7 Å². The molecule has 0 aliphatic heterocycles. The van der Waals surface area contributed by atoms with Gasteiger partial charge in [-0.3, -0.25) is 9.59 Å². The SMILES string of the molecule is CC(=O)CC(O)(c1ccccc1)C(F)F.CC(C)=O.O=C(c1ccccc1)C(F)F. The predicted octanol–water partition coefficient (Wildman–Crippen LogP) is 4.85. The van der Waals surface area contributed by atoms with E-state index in [4.69, 9.17) is 0 Å². The monoisotopic (exact) mass is 428 g/mol. The lowest BCUT2D eigenvalue weighted by Gasteiger charge is -2.26. The normalized spacial score (nSPS) is 12.1. The Balaban J connectivity index is 0.000000491. The number of aliphatic hydroxyl groups is 1. The summed E-state index contributed by atoms with van der Waals surface area (Å²) in [5, 5.41) is 9.76. The summed E-state index contributed by atoms with van der Waals surface area (Å²) in [6, 6.07) is 15.0. The van der Waals surface area contributed by atoms with Crippen LogP contribution in [0.3, 0.4) is 0 Å². The minimum absolute atomic E-state index is 0.0579. The van der Waals surface area contributed by atoms with Crippen molar-refractivity contribution in [3.8, 4) is 0 Å². The van der Waals surface area contributed by atoms with Crippen LogP contribution in [0.25, 0.3) is 0 Å². The van der Waals surface area contributed by atoms with Crippen LogP contribution in [0.1, 0.15) is 43.1 Å². The van der Waals surface area contributed by atoms with E-state index in [0.29, 0.717) is 0 Å². The van der Waals surface area contributed by atoms with E-state index in [-0.39, 0.29) is 16.9 Å². The van der Waals surface area contributed by atoms with Gasteiger partial charge in [-0.15, -0.1) is 0 Å². The van der Waals surface area contributed by atoms with Crippen LogP contribution in [0.5, 0.6) is 0 Å². The lowest BCUT2D eigenvalue weighted by atomic mass is 9.89. The highest BCUT2D eigenvalue weighted by molar-refractivity contribution is 5.98. The summed E-state index contributed by atoms with van der Waals surface area (Å²) >= 11 is 0. The van der Waals surface area contributed by atoms with Crippen LogP contribution in [-0.2, 0) is 15.2 Å². The highest BCUT2D eigenvalue weighted by Crippen LogP contribution is 2.31. The molecule has 0 heterocycles. The number of Topliss-reactive ketones (excluding diaryl/α,β-unsaturated/α-hetero) is 3. The first-order valence-electron chi connectivity index (χ1n) is 8.81. The first kappa shape index (κ1) is 27.1. The zero-order valence-corrected chi connectivity index (χ0v) is 16.8. The number of rotatable bonds is 6. The second-order valence-electron chi connectivity index (χ2n) is 6.41. The van der Waals surface area contributed by atoms with E-state index >= 15 is 0 Å². The van der Waals surface area contributed by atoms with Crippen LogP contribution in [0, 0.1) is 0 Å². The van der Waals surface area contributed by atoms with Crippen molar-refractivity contribution in [3.63, 3.8) is 0 Å². The van der Waals surface area contributed by atoms with E-state index in [9.17, 15) is 37.1 Å². The first-order valence-corrected chi connectivity index (χ1v) is 8.81. The molecular formula is C22H24F4O4. The molecule has 8 heteroatoms. The number of halogens is 4. The summed E-state index contributed by atoms with van der Waals surface area (Å²) in [4.78, 5) is 30.9. The van der Waals surface area contributed by atoms with Gasteiger partial charge in [-0.05, 0) is 26.3 Å². The Kier molecular flexibility index (Phi) is 12.1. The number of hydrogen-bond donors (Lipinski definition) is 1. The third kappa shape index (κ3) is 10.1. The Labute approximate surface area is 172 Å². The van der Waals surface area contributed by atoms with E-state index in [0.717, 1.165) is 0 Å². The lowest BCUT2D eigenvalue weighted by molar-refractivity contribution is -0.137. The number of alkyl halides is 4. The highest BCUT2D eigenvalue weighted by atomic mass is 19.3. The van der Waals surface area contributed by atoms with Crippen molar-refractivity contribution in [3.05, 3.63) is 71.8 Å². The predicted molar refractivity (Wildman–Crippen MR) is 105 cm³/mol. The Morgan fingerprint density at radius 1 is 0.833 bits per heavy atom. The fourth-order valence-corrected chi connectivity index (χ4v) is 2.14. The minimum atomic E-state index is -2.98. The van der Waals surface area contributed by atoms with Crippen molar-refractivity contribution < 1.29 is 37.1 Å². The molecule has 0 fully saturated rings. The van der Waals surface area contributed by atoms with Crippen LogP contribution < -0.4 is 0 Å². The van der Waals surface area contributed by atoms with E-state index < -0.39 is 36.4 Å². The number of carbonyl (C=O) groups is 3. The first-order chi connectivity index (χ1) is 13.9. The van der Waals surface area contributed by atoms with E-state index in [1.807, 2.05) is 0 Å². The topological polar surface area (TPSA) is 71.4 Å². The Morgan fingerprint density at radius 2 is 1.23 bits per heavy atom. The summed E-state index contributed by atoms with van der Waals surface area (Å²) < 4.78 is 49.0. The molecule has 0 radical (unpaired) electrons. The molecule has 0 saturated heterocycles. The molecule has 0 spiro atoms. The molecule has 0 amide bonds. The van der Waals surface area contributed by atoms with E-state index in [2.05, 4.69) is 0 Å². The van der Waals surface area contributed by atoms with Gasteiger partial charge in [-0.2, -0.15) is 0 Å². The number of ketones is 3. The van der Waals surface area contributed by atoms with Crippen molar-refractivity contribution in [1.29, 1.82) is 0 Å². The molecule has 0 aromatic heterocycles. The quantitative estimate of drug-likeness (QED) is 0.528. The van der Waals surface area contributed by atoms with Crippen LogP contribution in [0.15, 0.2) is 60.7 Å². The number of carbonyl (C=O) groups excluding carboxylic acids is 3. The van der Waals surface area contributed by atoms with Gasteiger partial charge in [0, 0.05) is 12.0 Å². The molecule has 2 aromatic rings. The van der Waals surface area contributed by atoms with Gasteiger partial charge < -0.3 is 9.90 Å². The molecule has 1 atom stereocenters.